The van der Waals surface area contributed by atoms with Crippen LogP contribution in [0.1, 0.15) is 40.7 Å². The van der Waals surface area contributed by atoms with Gasteiger partial charge >= 0.3 is 6.03 Å². The van der Waals surface area contributed by atoms with E-state index in [4.69, 9.17) is 0 Å². The Balaban J connectivity index is 1.09. The predicted octanol–water partition coefficient (Wildman–Crippen LogP) is 5.44. The average Bonchev–Trinajstić information content (AvgIpc) is 3.03. The maximum absolute atomic E-state index is 12.7. The molecule has 0 aliphatic carbocycles. The molecule has 43 heavy (non-hydrogen) atoms. The number of amides is 2. The number of aromatic amines is 1. The first kappa shape index (κ1) is 29.6. The number of rotatable bonds is 12. The van der Waals surface area contributed by atoms with Gasteiger partial charge in [-0.15, -0.1) is 0 Å². The van der Waals surface area contributed by atoms with E-state index in [1.54, 1.807) is 12.1 Å². The largest absolute Gasteiger partial charge is 0.506 e. The maximum Gasteiger partial charge on any atom is 0.319 e. The van der Waals surface area contributed by atoms with Gasteiger partial charge in [-0.25, -0.2) is 4.79 Å². The third-order valence-electron chi connectivity index (χ3n) is 7.50. The molecule has 1 atom stereocenters. The van der Waals surface area contributed by atoms with Gasteiger partial charge in [0.05, 0.1) is 11.6 Å². The molecule has 5 rings (SSSR count). The lowest BCUT2D eigenvalue weighted by molar-refractivity contribution is 0.176. The Morgan fingerprint density at radius 1 is 0.814 bits per heavy atom. The van der Waals surface area contributed by atoms with Crippen LogP contribution in [0.25, 0.3) is 10.9 Å². The summed E-state index contributed by atoms with van der Waals surface area (Å²) in [6.45, 7) is 1.44. The summed E-state index contributed by atoms with van der Waals surface area (Å²) in [5.74, 6) is 0.149. The number of aromatic nitrogens is 1. The zero-order valence-electron chi connectivity index (χ0n) is 23.8. The second-order valence-corrected chi connectivity index (χ2v) is 10.5. The van der Waals surface area contributed by atoms with E-state index in [-0.39, 0.29) is 23.3 Å². The molecule has 2 amide bonds. The first-order valence-corrected chi connectivity index (χ1v) is 14.5. The lowest BCUT2D eigenvalue weighted by Crippen LogP contribution is -2.30. The fourth-order valence-corrected chi connectivity index (χ4v) is 5.34. The number of hydrogen-bond acceptors (Lipinski definition) is 5. The molecule has 1 unspecified atom stereocenters. The van der Waals surface area contributed by atoms with Gasteiger partial charge in [0.15, 0.2) is 0 Å². The zero-order valence-corrected chi connectivity index (χ0v) is 23.8. The molecular formula is C35H36N4O4. The Morgan fingerprint density at radius 3 is 2.26 bits per heavy atom. The summed E-state index contributed by atoms with van der Waals surface area (Å²) in [5.41, 5.74) is 4.80. The smallest absolute Gasteiger partial charge is 0.319 e. The van der Waals surface area contributed by atoms with Crippen molar-refractivity contribution in [1.29, 1.82) is 0 Å². The highest BCUT2D eigenvalue weighted by Gasteiger charge is 2.15. The van der Waals surface area contributed by atoms with Crippen molar-refractivity contribution in [1.82, 2.24) is 15.6 Å². The van der Waals surface area contributed by atoms with Crippen molar-refractivity contribution in [3.63, 3.8) is 0 Å². The van der Waals surface area contributed by atoms with Gasteiger partial charge in [0.25, 0.3) is 0 Å². The molecule has 0 saturated carbocycles. The SMILES string of the molecule is O=C(NCCC(c1ccccc1)c1ccccc1)Nc1cccc(CCNCC(O)c2ccc(O)c3[nH]c(=O)ccc23)c1. The molecule has 0 bridgehead atoms. The molecule has 1 aromatic heterocycles. The van der Waals surface area contributed by atoms with E-state index >= 15 is 0 Å². The Kier molecular flexibility index (Phi) is 9.84. The number of H-pyrrole nitrogens is 1. The van der Waals surface area contributed by atoms with Gasteiger partial charge in [0.1, 0.15) is 5.75 Å². The van der Waals surface area contributed by atoms with Crippen LogP contribution in [0.5, 0.6) is 5.75 Å². The maximum atomic E-state index is 12.7. The summed E-state index contributed by atoms with van der Waals surface area (Å²) < 4.78 is 0. The molecule has 4 aromatic carbocycles. The third-order valence-corrected chi connectivity index (χ3v) is 7.50. The number of carbonyl (C=O) groups is 1. The van der Waals surface area contributed by atoms with Crippen LogP contribution in [0.4, 0.5) is 10.5 Å². The summed E-state index contributed by atoms with van der Waals surface area (Å²) in [7, 11) is 0. The summed E-state index contributed by atoms with van der Waals surface area (Å²) in [5, 5.41) is 30.6. The molecule has 8 nitrogen and oxygen atoms in total. The predicted molar refractivity (Wildman–Crippen MR) is 171 cm³/mol. The van der Waals surface area contributed by atoms with Gasteiger partial charge in [0, 0.05) is 36.1 Å². The first-order chi connectivity index (χ1) is 21.0. The van der Waals surface area contributed by atoms with Crippen molar-refractivity contribution in [2.45, 2.75) is 24.9 Å². The molecule has 0 aliphatic rings. The zero-order chi connectivity index (χ0) is 30.0. The number of pyridine rings is 1. The molecule has 220 valence electrons. The minimum absolute atomic E-state index is 0.0395. The molecule has 6 N–H and O–H groups in total. The van der Waals surface area contributed by atoms with Crippen LogP contribution in [-0.4, -0.2) is 40.9 Å². The molecule has 0 aliphatic heterocycles. The fraction of sp³-hybridized carbons (Fsp3) is 0.200. The summed E-state index contributed by atoms with van der Waals surface area (Å²) in [6.07, 6.45) is 0.648. The molecule has 0 radical (unpaired) electrons. The quantitative estimate of drug-likeness (QED) is 0.110. The van der Waals surface area contributed by atoms with Gasteiger partial charge < -0.3 is 31.1 Å². The number of fused-ring (bicyclic) bond motifs is 1. The van der Waals surface area contributed by atoms with E-state index in [2.05, 4.69) is 45.2 Å². The molecule has 0 spiro atoms. The third kappa shape index (κ3) is 7.88. The van der Waals surface area contributed by atoms with Crippen molar-refractivity contribution in [2.24, 2.45) is 0 Å². The van der Waals surface area contributed by atoms with Crippen LogP contribution in [0.15, 0.2) is 114 Å². The minimum Gasteiger partial charge on any atom is -0.506 e. The molecule has 8 heteroatoms. The Hall–Kier alpha value is -4.92. The topological polar surface area (TPSA) is 126 Å². The number of phenolic OH excluding ortho intramolecular Hbond substituents is 1. The highest BCUT2D eigenvalue weighted by molar-refractivity contribution is 5.89. The van der Waals surface area contributed by atoms with E-state index in [0.717, 1.165) is 12.0 Å². The second-order valence-electron chi connectivity index (χ2n) is 10.5. The van der Waals surface area contributed by atoms with E-state index in [0.29, 0.717) is 48.2 Å². The number of phenols is 1. The van der Waals surface area contributed by atoms with Gasteiger partial charge in [-0.05, 0) is 65.9 Å². The van der Waals surface area contributed by atoms with Gasteiger partial charge in [-0.3, -0.25) is 4.79 Å². The number of carbonyl (C=O) groups excluding carboxylic acids is 1. The molecule has 0 fully saturated rings. The number of nitrogens with one attached hydrogen (secondary N) is 4. The van der Waals surface area contributed by atoms with Crippen molar-refractivity contribution < 1.29 is 15.0 Å². The highest BCUT2D eigenvalue weighted by Crippen LogP contribution is 2.29. The van der Waals surface area contributed by atoms with Gasteiger partial charge in [-0.1, -0.05) is 78.9 Å². The Labute approximate surface area is 250 Å². The number of urea groups is 1. The Morgan fingerprint density at radius 2 is 1.53 bits per heavy atom. The second kappa shape index (κ2) is 14.3. The summed E-state index contributed by atoms with van der Waals surface area (Å²) in [6, 6.07) is 34.2. The number of benzene rings is 4. The minimum atomic E-state index is -0.825. The lowest BCUT2D eigenvalue weighted by atomic mass is 9.88. The van der Waals surface area contributed by atoms with E-state index in [1.165, 1.54) is 23.3 Å². The van der Waals surface area contributed by atoms with Crippen LogP contribution in [0.2, 0.25) is 0 Å². The first-order valence-electron chi connectivity index (χ1n) is 14.5. The van der Waals surface area contributed by atoms with Crippen LogP contribution in [0.3, 0.4) is 0 Å². The molecule has 1 heterocycles. The number of aromatic hydroxyl groups is 1. The number of hydrogen-bond donors (Lipinski definition) is 6. The molecular weight excluding hydrogens is 540 g/mol. The van der Waals surface area contributed by atoms with Crippen molar-refractivity contribution >= 4 is 22.6 Å². The van der Waals surface area contributed by atoms with Crippen LogP contribution < -0.4 is 21.5 Å². The molecule has 0 saturated heterocycles. The lowest BCUT2D eigenvalue weighted by Gasteiger charge is -2.18. The number of aliphatic hydroxyl groups excluding tert-OH is 1. The Bertz CT molecular complexity index is 1670. The van der Waals surface area contributed by atoms with Crippen LogP contribution in [0, 0.1) is 0 Å². The standard InChI is InChI=1S/C35H36N4O4/c40-31-16-14-29(30-15-17-33(42)39-34(30)31)32(41)23-36-20-18-24-8-7-13-27(22-24)38-35(43)37-21-19-28(25-9-3-1-4-10-25)26-11-5-2-6-12-26/h1-17,22,28,32,36,40-41H,18-21,23H2,(H,39,42)(H2,37,38,43). The van der Waals surface area contributed by atoms with Crippen LogP contribution >= 0.6 is 0 Å². The van der Waals surface area contributed by atoms with Crippen LogP contribution in [-0.2, 0) is 6.42 Å². The number of anilines is 1. The van der Waals surface area contributed by atoms with Crippen molar-refractivity contribution in [2.75, 3.05) is 25.0 Å². The molecule has 5 aromatic rings. The fourth-order valence-electron chi connectivity index (χ4n) is 5.34. The van der Waals surface area contributed by atoms with Gasteiger partial charge in [0.2, 0.25) is 5.56 Å². The van der Waals surface area contributed by atoms with E-state index in [1.807, 2.05) is 60.7 Å². The normalized spacial score (nSPS) is 11.9. The monoisotopic (exact) mass is 576 g/mol. The van der Waals surface area contributed by atoms with Crippen molar-refractivity contribution in [3.8, 4) is 5.75 Å². The summed E-state index contributed by atoms with van der Waals surface area (Å²) >= 11 is 0. The average molecular weight is 577 g/mol. The van der Waals surface area contributed by atoms with Gasteiger partial charge in [-0.2, -0.15) is 0 Å². The number of aliphatic hydroxyl groups is 1. The van der Waals surface area contributed by atoms with E-state index < -0.39 is 6.10 Å². The summed E-state index contributed by atoms with van der Waals surface area (Å²) in [4.78, 5) is 26.9. The van der Waals surface area contributed by atoms with Crippen molar-refractivity contribution in [3.05, 3.63) is 142 Å². The van der Waals surface area contributed by atoms with E-state index in [9.17, 15) is 19.8 Å². The highest BCUT2D eigenvalue weighted by atomic mass is 16.3.